The lowest BCUT2D eigenvalue weighted by molar-refractivity contribution is -0.144. The Bertz CT molecular complexity index is 244. The second kappa shape index (κ2) is 3.98. The molecule has 0 spiro atoms. The molecular formula is C10H17NO3. The number of carboxylic acids is 1. The van der Waals surface area contributed by atoms with Crippen LogP contribution >= 0.6 is 0 Å². The molecule has 0 aliphatic heterocycles. The highest BCUT2D eigenvalue weighted by Gasteiger charge is 2.32. The van der Waals surface area contributed by atoms with E-state index in [0.717, 1.165) is 19.3 Å². The summed E-state index contributed by atoms with van der Waals surface area (Å²) < 4.78 is 0. The maximum absolute atomic E-state index is 11.6. The lowest BCUT2D eigenvalue weighted by Crippen LogP contribution is -2.46. The Hall–Kier alpha value is -1.06. The van der Waals surface area contributed by atoms with Crippen molar-refractivity contribution >= 4 is 11.9 Å². The van der Waals surface area contributed by atoms with Crippen LogP contribution in [-0.2, 0) is 9.59 Å². The normalized spacial score (nSPS) is 17.3. The number of hydrogen-bond acceptors (Lipinski definition) is 2. The van der Waals surface area contributed by atoms with Gasteiger partial charge in [0.25, 0.3) is 0 Å². The summed E-state index contributed by atoms with van der Waals surface area (Å²) in [7, 11) is 0. The molecule has 2 N–H and O–H groups in total. The van der Waals surface area contributed by atoms with Crippen LogP contribution in [0.3, 0.4) is 0 Å². The summed E-state index contributed by atoms with van der Waals surface area (Å²) in [5.41, 5.74) is -0.804. The highest BCUT2D eigenvalue weighted by atomic mass is 16.4. The van der Waals surface area contributed by atoms with Gasteiger partial charge in [0.2, 0.25) is 5.91 Å². The Labute approximate surface area is 83.7 Å². The minimum atomic E-state index is -0.932. The van der Waals surface area contributed by atoms with Crippen molar-refractivity contribution in [1.82, 2.24) is 5.32 Å². The lowest BCUT2D eigenvalue weighted by Gasteiger charge is -2.30. The van der Waals surface area contributed by atoms with Crippen LogP contribution in [0.5, 0.6) is 0 Å². The van der Waals surface area contributed by atoms with E-state index >= 15 is 0 Å². The zero-order valence-corrected chi connectivity index (χ0v) is 8.67. The standard InChI is InChI=1S/C10H17NO3/c1-10(2,6-8(12)13)9(14)11-7-4-3-5-7/h7H,3-6H2,1-2H3,(H,11,14)(H,12,13). The first-order chi connectivity index (χ1) is 6.42. The van der Waals surface area contributed by atoms with Gasteiger partial charge in [0.1, 0.15) is 0 Å². The first-order valence-electron chi connectivity index (χ1n) is 4.94. The Kier molecular flexibility index (Phi) is 3.13. The van der Waals surface area contributed by atoms with Crippen molar-refractivity contribution in [1.29, 1.82) is 0 Å². The van der Waals surface area contributed by atoms with Crippen LogP contribution in [0.1, 0.15) is 39.5 Å². The number of amides is 1. The Morgan fingerprint density at radius 2 is 2.00 bits per heavy atom. The zero-order chi connectivity index (χ0) is 10.8. The molecule has 0 radical (unpaired) electrons. The molecule has 4 heteroatoms. The molecule has 14 heavy (non-hydrogen) atoms. The summed E-state index contributed by atoms with van der Waals surface area (Å²) in [4.78, 5) is 22.1. The van der Waals surface area contributed by atoms with Crippen LogP contribution in [-0.4, -0.2) is 23.0 Å². The highest BCUT2D eigenvalue weighted by molar-refractivity contribution is 5.86. The minimum absolute atomic E-state index is 0.119. The molecule has 1 aliphatic rings. The van der Waals surface area contributed by atoms with Gasteiger partial charge in [0, 0.05) is 6.04 Å². The molecule has 1 amide bonds. The fourth-order valence-corrected chi connectivity index (χ4v) is 1.39. The number of carbonyl (C=O) groups is 2. The van der Waals surface area contributed by atoms with Gasteiger partial charge in [-0.25, -0.2) is 0 Å². The molecule has 0 bridgehead atoms. The van der Waals surface area contributed by atoms with E-state index in [1.165, 1.54) is 0 Å². The summed E-state index contributed by atoms with van der Waals surface area (Å²) >= 11 is 0. The van der Waals surface area contributed by atoms with Crippen LogP contribution in [0.2, 0.25) is 0 Å². The van der Waals surface area contributed by atoms with Gasteiger partial charge in [0.15, 0.2) is 0 Å². The van der Waals surface area contributed by atoms with Crippen LogP contribution in [0.25, 0.3) is 0 Å². The predicted octanol–water partition coefficient (Wildman–Crippen LogP) is 1.16. The van der Waals surface area contributed by atoms with Gasteiger partial charge in [-0.15, -0.1) is 0 Å². The van der Waals surface area contributed by atoms with Crippen molar-refractivity contribution in [3.8, 4) is 0 Å². The zero-order valence-electron chi connectivity index (χ0n) is 8.67. The van der Waals surface area contributed by atoms with E-state index in [9.17, 15) is 9.59 Å². The van der Waals surface area contributed by atoms with Crippen molar-refractivity contribution in [2.24, 2.45) is 5.41 Å². The van der Waals surface area contributed by atoms with E-state index in [2.05, 4.69) is 5.32 Å². The largest absolute Gasteiger partial charge is 0.481 e. The molecule has 0 aromatic carbocycles. The predicted molar refractivity (Wildman–Crippen MR) is 51.8 cm³/mol. The number of hydrogen-bond donors (Lipinski definition) is 2. The Morgan fingerprint density at radius 3 is 2.36 bits per heavy atom. The number of aliphatic carboxylic acids is 1. The molecule has 0 heterocycles. The van der Waals surface area contributed by atoms with Gasteiger partial charge in [-0.05, 0) is 19.3 Å². The molecule has 0 atom stereocenters. The first-order valence-corrected chi connectivity index (χ1v) is 4.94. The number of carbonyl (C=O) groups excluding carboxylic acids is 1. The molecule has 1 saturated carbocycles. The summed E-state index contributed by atoms with van der Waals surface area (Å²) in [5, 5.41) is 11.5. The molecule has 0 saturated heterocycles. The van der Waals surface area contributed by atoms with Gasteiger partial charge in [-0.3, -0.25) is 9.59 Å². The van der Waals surface area contributed by atoms with E-state index in [0.29, 0.717) is 0 Å². The van der Waals surface area contributed by atoms with Gasteiger partial charge >= 0.3 is 5.97 Å². The molecule has 4 nitrogen and oxygen atoms in total. The van der Waals surface area contributed by atoms with E-state index in [1.54, 1.807) is 13.8 Å². The van der Waals surface area contributed by atoms with E-state index < -0.39 is 11.4 Å². The number of rotatable bonds is 4. The summed E-state index contributed by atoms with van der Waals surface area (Å²) in [6, 6.07) is 0.274. The third-order valence-electron chi connectivity index (χ3n) is 2.65. The van der Waals surface area contributed by atoms with Crippen LogP contribution in [0.15, 0.2) is 0 Å². The van der Waals surface area contributed by atoms with Crippen LogP contribution in [0.4, 0.5) is 0 Å². The van der Waals surface area contributed by atoms with Crippen LogP contribution < -0.4 is 5.32 Å². The number of nitrogens with one attached hydrogen (secondary N) is 1. The van der Waals surface area contributed by atoms with Gasteiger partial charge in [0.05, 0.1) is 11.8 Å². The fourth-order valence-electron chi connectivity index (χ4n) is 1.39. The fraction of sp³-hybridized carbons (Fsp3) is 0.800. The smallest absolute Gasteiger partial charge is 0.304 e. The van der Waals surface area contributed by atoms with E-state index in [-0.39, 0.29) is 18.4 Å². The molecule has 0 unspecified atom stereocenters. The number of carboxylic acid groups (broad SMARTS) is 1. The van der Waals surface area contributed by atoms with Gasteiger partial charge in [-0.2, -0.15) is 0 Å². The second-order valence-corrected chi connectivity index (χ2v) is 4.56. The summed E-state index contributed by atoms with van der Waals surface area (Å²) in [5.74, 6) is -1.08. The molecule has 80 valence electrons. The third kappa shape index (κ3) is 2.72. The van der Waals surface area contributed by atoms with Gasteiger partial charge < -0.3 is 10.4 Å². The molecule has 0 aromatic rings. The van der Waals surface area contributed by atoms with Crippen molar-refractivity contribution in [3.05, 3.63) is 0 Å². The first kappa shape index (κ1) is 11.0. The molecular weight excluding hydrogens is 182 g/mol. The van der Waals surface area contributed by atoms with Crippen molar-refractivity contribution in [3.63, 3.8) is 0 Å². The average molecular weight is 199 g/mol. The van der Waals surface area contributed by atoms with Gasteiger partial charge in [-0.1, -0.05) is 13.8 Å². The second-order valence-electron chi connectivity index (χ2n) is 4.56. The summed E-state index contributed by atoms with van der Waals surface area (Å²) in [6.45, 7) is 3.32. The molecule has 1 rings (SSSR count). The Morgan fingerprint density at radius 1 is 1.43 bits per heavy atom. The average Bonchev–Trinajstić information content (AvgIpc) is 1.93. The maximum Gasteiger partial charge on any atom is 0.304 e. The highest BCUT2D eigenvalue weighted by Crippen LogP contribution is 2.24. The monoisotopic (exact) mass is 199 g/mol. The van der Waals surface area contributed by atoms with Crippen molar-refractivity contribution in [2.75, 3.05) is 0 Å². The lowest BCUT2D eigenvalue weighted by atomic mass is 9.86. The minimum Gasteiger partial charge on any atom is -0.481 e. The molecule has 1 fully saturated rings. The molecule has 0 aromatic heterocycles. The Balaban J connectivity index is 2.43. The summed E-state index contributed by atoms with van der Waals surface area (Å²) in [6.07, 6.45) is 3.08. The van der Waals surface area contributed by atoms with Crippen LogP contribution in [0, 0.1) is 5.41 Å². The van der Waals surface area contributed by atoms with Crippen molar-refractivity contribution < 1.29 is 14.7 Å². The maximum atomic E-state index is 11.6. The van der Waals surface area contributed by atoms with E-state index in [4.69, 9.17) is 5.11 Å². The molecule has 1 aliphatic carbocycles. The quantitative estimate of drug-likeness (QED) is 0.714. The topological polar surface area (TPSA) is 66.4 Å². The van der Waals surface area contributed by atoms with Crippen molar-refractivity contribution in [2.45, 2.75) is 45.6 Å². The van der Waals surface area contributed by atoms with E-state index in [1.807, 2.05) is 0 Å². The SMILES string of the molecule is CC(C)(CC(=O)O)C(=O)NC1CCC1. The third-order valence-corrected chi connectivity index (χ3v) is 2.65.